The van der Waals surface area contributed by atoms with E-state index in [2.05, 4.69) is 12.3 Å². The smallest absolute Gasteiger partial charge is 0.134 e. The van der Waals surface area contributed by atoms with Crippen LogP contribution >= 0.6 is 23.1 Å². The number of thioether (sulfide) groups is 1. The van der Waals surface area contributed by atoms with Crippen molar-refractivity contribution in [2.75, 3.05) is 6.26 Å². The van der Waals surface area contributed by atoms with Gasteiger partial charge < -0.3 is 5.11 Å². The second-order valence-electron chi connectivity index (χ2n) is 2.48. The van der Waals surface area contributed by atoms with Crippen LogP contribution in [-0.4, -0.2) is 11.4 Å². The van der Waals surface area contributed by atoms with Crippen molar-refractivity contribution in [1.82, 2.24) is 0 Å². The molecule has 62 valence electrons. The third-order valence-corrected chi connectivity index (χ3v) is 3.42. The Bertz CT molecular complexity index is 406. The lowest BCUT2D eigenvalue weighted by atomic mass is 10.2. The van der Waals surface area contributed by atoms with Crippen molar-refractivity contribution in [3.05, 3.63) is 23.6 Å². The first-order valence-electron chi connectivity index (χ1n) is 3.55. The molecule has 0 fully saturated rings. The Labute approximate surface area is 79.0 Å². The lowest BCUT2D eigenvalue weighted by molar-refractivity contribution is 0.483. The first-order valence-corrected chi connectivity index (χ1v) is 5.66. The van der Waals surface area contributed by atoms with E-state index in [1.807, 2.05) is 12.1 Å². The van der Waals surface area contributed by atoms with Crippen LogP contribution < -0.4 is 0 Å². The van der Waals surface area contributed by atoms with Crippen molar-refractivity contribution in [2.24, 2.45) is 0 Å². The molecule has 0 aliphatic rings. The normalized spacial score (nSPS) is 10.8. The highest BCUT2D eigenvalue weighted by Crippen LogP contribution is 2.33. The summed E-state index contributed by atoms with van der Waals surface area (Å²) in [6.07, 6.45) is 2.05. The van der Waals surface area contributed by atoms with Gasteiger partial charge in [0, 0.05) is 20.4 Å². The van der Waals surface area contributed by atoms with Gasteiger partial charge in [-0.2, -0.15) is 0 Å². The second-order valence-corrected chi connectivity index (χ2v) is 4.27. The van der Waals surface area contributed by atoms with E-state index in [1.165, 1.54) is 4.90 Å². The molecule has 2 rings (SSSR count). The van der Waals surface area contributed by atoms with E-state index in [4.69, 9.17) is 0 Å². The molecular formula is C9H8OS2. The molecule has 0 aliphatic heterocycles. The van der Waals surface area contributed by atoms with Gasteiger partial charge in [-0.25, -0.2) is 0 Å². The van der Waals surface area contributed by atoms with E-state index in [0.29, 0.717) is 5.75 Å². The Morgan fingerprint density at radius 1 is 1.42 bits per heavy atom. The number of thiophene rings is 1. The lowest BCUT2D eigenvalue weighted by Gasteiger charge is -1.95. The monoisotopic (exact) mass is 196 g/mol. The molecule has 0 atom stereocenters. The summed E-state index contributed by atoms with van der Waals surface area (Å²) in [5, 5.41) is 12.1. The lowest BCUT2D eigenvalue weighted by Crippen LogP contribution is -1.67. The topological polar surface area (TPSA) is 20.2 Å². The van der Waals surface area contributed by atoms with Gasteiger partial charge in [0.25, 0.3) is 0 Å². The molecule has 1 aromatic carbocycles. The number of hydrogen-bond donors (Lipinski definition) is 1. The predicted molar refractivity (Wildman–Crippen MR) is 55.3 cm³/mol. The predicted octanol–water partition coefficient (Wildman–Crippen LogP) is 3.33. The van der Waals surface area contributed by atoms with Gasteiger partial charge in [0.05, 0.1) is 0 Å². The molecule has 1 nitrogen and oxygen atoms in total. The van der Waals surface area contributed by atoms with Crippen LogP contribution in [0.2, 0.25) is 0 Å². The van der Waals surface area contributed by atoms with Crippen molar-refractivity contribution >= 4 is 33.2 Å². The minimum atomic E-state index is 0.391. The van der Waals surface area contributed by atoms with Gasteiger partial charge in [0.2, 0.25) is 0 Å². The van der Waals surface area contributed by atoms with Gasteiger partial charge in [0.1, 0.15) is 5.75 Å². The van der Waals surface area contributed by atoms with E-state index in [9.17, 15) is 5.11 Å². The fourth-order valence-electron chi connectivity index (χ4n) is 1.12. The number of hydrogen-bond acceptors (Lipinski definition) is 3. The summed E-state index contributed by atoms with van der Waals surface area (Å²) < 4.78 is 1.15. The number of fused-ring (bicyclic) bond motifs is 1. The van der Waals surface area contributed by atoms with Crippen molar-refractivity contribution in [3.8, 4) is 5.75 Å². The quantitative estimate of drug-likeness (QED) is 0.706. The summed E-state index contributed by atoms with van der Waals surface area (Å²) >= 11 is 3.30. The zero-order valence-electron chi connectivity index (χ0n) is 6.57. The fourth-order valence-corrected chi connectivity index (χ4v) is 2.50. The number of aromatic hydroxyl groups is 1. The highest BCUT2D eigenvalue weighted by molar-refractivity contribution is 7.98. The van der Waals surface area contributed by atoms with Gasteiger partial charge in [-0.15, -0.1) is 23.1 Å². The first-order chi connectivity index (χ1) is 5.81. The minimum Gasteiger partial charge on any atom is -0.506 e. The average Bonchev–Trinajstić information content (AvgIpc) is 2.47. The molecule has 1 heterocycles. The molecule has 0 unspecified atom stereocenters. The molecule has 0 saturated heterocycles. The highest BCUT2D eigenvalue weighted by atomic mass is 32.2. The zero-order valence-corrected chi connectivity index (χ0v) is 8.21. The zero-order chi connectivity index (χ0) is 8.55. The summed E-state index contributed by atoms with van der Waals surface area (Å²) in [5.74, 6) is 0.391. The molecule has 2 aromatic rings. The first kappa shape index (κ1) is 7.95. The molecule has 12 heavy (non-hydrogen) atoms. The average molecular weight is 196 g/mol. The van der Waals surface area contributed by atoms with Crippen LogP contribution in [0.3, 0.4) is 0 Å². The van der Waals surface area contributed by atoms with Crippen LogP contribution in [0.15, 0.2) is 28.5 Å². The molecule has 0 bridgehead atoms. The molecule has 1 N–H and O–H groups in total. The molecule has 0 saturated carbocycles. The van der Waals surface area contributed by atoms with E-state index >= 15 is 0 Å². The third kappa shape index (κ3) is 1.19. The maximum absolute atomic E-state index is 9.38. The van der Waals surface area contributed by atoms with E-state index < -0.39 is 0 Å². The summed E-state index contributed by atoms with van der Waals surface area (Å²) in [6, 6.07) is 6.09. The van der Waals surface area contributed by atoms with Crippen LogP contribution in [-0.2, 0) is 0 Å². The molecule has 0 amide bonds. The van der Waals surface area contributed by atoms with Crippen molar-refractivity contribution in [1.29, 1.82) is 0 Å². The molecular weight excluding hydrogens is 188 g/mol. The molecule has 0 radical (unpaired) electrons. The van der Waals surface area contributed by atoms with Crippen molar-refractivity contribution < 1.29 is 5.11 Å². The van der Waals surface area contributed by atoms with Gasteiger partial charge >= 0.3 is 0 Å². The number of rotatable bonds is 1. The van der Waals surface area contributed by atoms with Gasteiger partial charge in [0.15, 0.2) is 0 Å². The molecule has 1 aromatic heterocycles. The van der Waals surface area contributed by atoms with Gasteiger partial charge in [-0.1, -0.05) is 0 Å². The van der Waals surface area contributed by atoms with Crippen molar-refractivity contribution in [2.45, 2.75) is 4.90 Å². The Kier molecular flexibility index (Phi) is 1.98. The Hall–Kier alpha value is -0.670. The standard InChI is InChI=1S/C9H8OS2/c1-11-6-2-3-7-8(10)5-12-9(7)4-6/h2-5,10H,1H3. The number of benzene rings is 1. The van der Waals surface area contributed by atoms with Crippen LogP contribution in [0.5, 0.6) is 5.75 Å². The summed E-state index contributed by atoms with van der Waals surface area (Å²) in [7, 11) is 0. The summed E-state index contributed by atoms with van der Waals surface area (Å²) in [6.45, 7) is 0. The third-order valence-electron chi connectivity index (χ3n) is 1.76. The largest absolute Gasteiger partial charge is 0.506 e. The SMILES string of the molecule is CSc1ccc2c(O)csc2c1. The minimum absolute atomic E-state index is 0.391. The molecule has 3 heteroatoms. The van der Waals surface area contributed by atoms with Crippen LogP contribution in [0.4, 0.5) is 0 Å². The summed E-state index contributed by atoms with van der Waals surface area (Å²) in [5.41, 5.74) is 0. The fraction of sp³-hybridized carbons (Fsp3) is 0.111. The molecule has 0 aliphatic carbocycles. The Balaban J connectivity index is 2.69. The molecule has 0 spiro atoms. The van der Waals surface area contributed by atoms with E-state index in [-0.39, 0.29) is 0 Å². The van der Waals surface area contributed by atoms with E-state index in [1.54, 1.807) is 28.5 Å². The maximum Gasteiger partial charge on any atom is 0.134 e. The van der Waals surface area contributed by atoms with Crippen LogP contribution in [0, 0.1) is 0 Å². The summed E-state index contributed by atoms with van der Waals surface area (Å²) in [4.78, 5) is 1.24. The van der Waals surface area contributed by atoms with Crippen LogP contribution in [0.1, 0.15) is 0 Å². The second kappa shape index (κ2) is 2.99. The van der Waals surface area contributed by atoms with E-state index in [0.717, 1.165) is 10.1 Å². The van der Waals surface area contributed by atoms with Gasteiger partial charge in [-0.3, -0.25) is 0 Å². The highest BCUT2D eigenvalue weighted by Gasteiger charge is 2.01. The van der Waals surface area contributed by atoms with Crippen LogP contribution in [0.25, 0.3) is 10.1 Å². The van der Waals surface area contributed by atoms with Gasteiger partial charge in [-0.05, 0) is 24.5 Å². The Morgan fingerprint density at radius 2 is 2.25 bits per heavy atom. The van der Waals surface area contributed by atoms with Crippen molar-refractivity contribution in [3.63, 3.8) is 0 Å². The Morgan fingerprint density at radius 3 is 3.00 bits per heavy atom. The maximum atomic E-state index is 9.38.